The number of nitrogens with zero attached hydrogens (tertiary/aromatic N) is 5. The number of rotatable bonds is 4. The summed E-state index contributed by atoms with van der Waals surface area (Å²) < 4.78 is 6.50. The van der Waals surface area contributed by atoms with Gasteiger partial charge >= 0.3 is 0 Å². The molecule has 0 saturated carbocycles. The quantitative estimate of drug-likeness (QED) is 0.857. The van der Waals surface area contributed by atoms with Gasteiger partial charge in [-0.3, -0.25) is 4.79 Å². The van der Waals surface area contributed by atoms with Crippen LogP contribution in [0.25, 0.3) is 5.69 Å². The minimum atomic E-state index is -0.412. The van der Waals surface area contributed by atoms with E-state index in [1.54, 1.807) is 24.3 Å². The number of aromatic nitrogens is 4. The first kappa shape index (κ1) is 12.5. The van der Waals surface area contributed by atoms with Gasteiger partial charge in [0.2, 0.25) is 5.91 Å². The van der Waals surface area contributed by atoms with E-state index in [9.17, 15) is 4.79 Å². The van der Waals surface area contributed by atoms with Gasteiger partial charge in [-0.1, -0.05) is 0 Å². The van der Waals surface area contributed by atoms with Gasteiger partial charge in [0.05, 0.1) is 24.6 Å². The molecule has 1 heterocycles. The molecule has 8 heteroatoms. The number of hydrogen-bond acceptors (Lipinski definition) is 6. The van der Waals surface area contributed by atoms with E-state index in [2.05, 4.69) is 20.8 Å². The molecule has 1 aromatic heterocycles. The molecule has 96 valence electrons. The van der Waals surface area contributed by atoms with Crippen LogP contribution in [0.4, 0.5) is 5.69 Å². The largest absolute Gasteiger partial charge is 0.497 e. The van der Waals surface area contributed by atoms with Crippen LogP contribution < -0.4 is 10.1 Å². The number of nitriles is 1. The molecule has 2 aromatic rings. The lowest BCUT2D eigenvalue weighted by Crippen LogP contribution is -2.13. The van der Waals surface area contributed by atoms with Crippen molar-refractivity contribution in [2.45, 2.75) is 6.42 Å². The lowest BCUT2D eigenvalue weighted by atomic mass is 10.2. The predicted molar refractivity (Wildman–Crippen MR) is 64.6 cm³/mol. The van der Waals surface area contributed by atoms with Crippen LogP contribution in [0, 0.1) is 11.3 Å². The van der Waals surface area contributed by atoms with Crippen molar-refractivity contribution in [3.63, 3.8) is 0 Å². The summed E-state index contributed by atoms with van der Waals surface area (Å²) in [5, 5.41) is 21.9. The first-order valence-electron chi connectivity index (χ1n) is 5.33. The Bertz CT molecular complexity index is 617. The van der Waals surface area contributed by atoms with Gasteiger partial charge in [-0.25, -0.2) is 0 Å². The first-order chi connectivity index (χ1) is 9.24. The Hall–Kier alpha value is -2.95. The van der Waals surface area contributed by atoms with Gasteiger partial charge in [0, 0.05) is 6.07 Å². The van der Waals surface area contributed by atoms with E-state index in [1.807, 2.05) is 0 Å². The normalized spacial score (nSPS) is 9.68. The molecule has 0 aliphatic carbocycles. The van der Waals surface area contributed by atoms with Crippen molar-refractivity contribution < 1.29 is 9.53 Å². The third-order valence-corrected chi connectivity index (χ3v) is 2.31. The zero-order valence-electron chi connectivity index (χ0n) is 10.1. The molecule has 0 radical (unpaired) electrons. The zero-order chi connectivity index (χ0) is 13.7. The highest BCUT2D eigenvalue weighted by molar-refractivity contribution is 5.94. The van der Waals surface area contributed by atoms with Crippen molar-refractivity contribution >= 4 is 11.6 Å². The number of hydrogen-bond donors (Lipinski definition) is 1. The Morgan fingerprint density at radius 2 is 2.42 bits per heavy atom. The lowest BCUT2D eigenvalue weighted by Gasteiger charge is -2.11. The molecule has 0 aliphatic heterocycles. The number of methoxy groups -OCH3 is 1. The molecule has 1 amide bonds. The van der Waals surface area contributed by atoms with E-state index < -0.39 is 5.91 Å². The van der Waals surface area contributed by atoms with Crippen LogP contribution >= 0.6 is 0 Å². The van der Waals surface area contributed by atoms with Crippen molar-refractivity contribution in [2.75, 3.05) is 12.4 Å². The summed E-state index contributed by atoms with van der Waals surface area (Å²) >= 11 is 0. The van der Waals surface area contributed by atoms with Crippen LogP contribution in [0.1, 0.15) is 6.42 Å². The zero-order valence-corrected chi connectivity index (χ0v) is 10.1. The van der Waals surface area contributed by atoms with E-state index in [-0.39, 0.29) is 6.42 Å². The summed E-state index contributed by atoms with van der Waals surface area (Å²) in [6, 6.07) is 6.84. The SMILES string of the molecule is COc1ccc(-n2cnnn2)c(NC(=O)CC#N)c1. The van der Waals surface area contributed by atoms with Crippen molar-refractivity contribution in [2.24, 2.45) is 0 Å². The summed E-state index contributed by atoms with van der Waals surface area (Å²) in [5.41, 5.74) is 1.05. The maximum absolute atomic E-state index is 11.5. The summed E-state index contributed by atoms with van der Waals surface area (Å²) in [4.78, 5) is 11.5. The topological polar surface area (TPSA) is 106 Å². The van der Waals surface area contributed by atoms with Crippen LogP contribution in [0.2, 0.25) is 0 Å². The molecule has 19 heavy (non-hydrogen) atoms. The van der Waals surface area contributed by atoms with Gasteiger partial charge in [-0.2, -0.15) is 9.94 Å². The molecule has 2 rings (SSSR count). The fraction of sp³-hybridized carbons (Fsp3) is 0.182. The molecule has 0 saturated heterocycles. The molecule has 1 aromatic carbocycles. The Morgan fingerprint density at radius 3 is 3.05 bits per heavy atom. The van der Waals surface area contributed by atoms with E-state index >= 15 is 0 Å². The summed E-state index contributed by atoms with van der Waals surface area (Å²) in [6.07, 6.45) is 1.17. The molecule has 1 N–H and O–H groups in total. The highest BCUT2D eigenvalue weighted by atomic mass is 16.5. The molecule has 0 unspecified atom stereocenters. The van der Waals surface area contributed by atoms with E-state index in [1.165, 1.54) is 18.1 Å². The second-order valence-corrected chi connectivity index (χ2v) is 3.52. The highest BCUT2D eigenvalue weighted by Gasteiger charge is 2.10. The third-order valence-electron chi connectivity index (χ3n) is 2.31. The van der Waals surface area contributed by atoms with Crippen LogP contribution in [0.15, 0.2) is 24.5 Å². The number of anilines is 1. The fourth-order valence-corrected chi connectivity index (χ4v) is 1.48. The number of carbonyl (C=O) groups excluding carboxylic acids is 1. The van der Waals surface area contributed by atoms with Crippen LogP contribution in [0.3, 0.4) is 0 Å². The predicted octanol–water partition coefficient (Wildman–Crippen LogP) is 0.523. The van der Waals surface area contributed by atoms with Crippen LogP contribution in [-0.4, -0.2) is 33.2 Å². The number of nitrogens with one attached hydrogen (secondary N) is 1. The fourth-order valence-electron chi connectivity index (χ4n) is 1.48. The number of benzene rings is 1. The standard InChI is InChI=1S/C11H10N6O2/c1-19-8-2-3-10(17-7-13-15-16-17)9(6-8)14-11(18)4-5-12/h2-3,6-7H,4H2,1H3,(H,14,18). The number of tetrazole rings is 1. The second-order valence-electron chi connectivity index (χ2n) is 3.52. The van der Waals surface area contributed by atoms with Gasteiger partial charge in [0.25, 0.3) is 0 Å². The van der Waals surface area contributed by atoms with Gasteiger partial charge < -0.3 is 10.1 Å². The Labute approximate surface area is 108 Å². The Kier molecular flexibility index (Phi) is 3.68. The van der Waals surface area contributed by atoms with Gasteiger partial charge in [-0.05, 0) is 22.6 Å². The van der Waals surface area contributed by atoms with Crippen LogP contribution in [-0.2, 0) is 4.79 Å². The third kappa shape index (κ3) is 2.84. The maximum atomic E-state index is 11.5. The number of ether oxygens (including phenoxy) is 1. The molecule has 0 fully saturated rings. The van der Waals surface area contributed by atoms with E-state index in [0.717, 1.165) is 0 Å². The maximum Gasteiger partial charge on any atom is 0.238 e. The molecule has 0 spiro atoms. The van der Waals surface area contributed by atoms with Crippen molar-refractivity contribution in [3.8, 4) is 17.5 Å². The van der Waals surface area contributed by atoms with E-state index in [4.69, 9.17) is 10.00 Å². The monoisotopic (exact) mass is 258 g/mol. The first-order valence-corrected chi connectivity index (χ1v) is 5.33. The Morgan fingerprint density at radius 1 is 1.58 bits per heavy atom. The number of amides is 1. The van der Waals surface area contributed by atoms with Crippen molar-refractivity contribution in [1.82, 2.24) is 20.2 Å². The minimum absolute atomic E-state index is 0.230. The average molecular weight is 258 g/mol. The Balaban J connectivity index is 2.38. The smallest absolute Gasteiger partial charge is 0.238 e. The summed E-state index contributed by atoms with van der Waals surface area (Å²) in [5.74, 6) is 0.161. The summed E-state index contributed by atoms with van der Waals surface area (Å²) in [7, 11) is 1.52. The average Bonchev–Trinajstić information content (AvgIpc) is 2.92. The van der Waals surface area contributed by atoms with Crippen LogP contribution in [0.5, 0.6) is 5.75 Å². The minimum Gasteiger partial charge on any atom is -0.497 e. The van der Waals surface area contributed by atoms with Gasteiger partial charge in [-0.15, -0.1) is 5.10 Å². The second kappa shape index (κ2) is 5.59. The van der Waals surface area contributed by atoms with Crippen molar-refractivity contribution in [1.29, 1.82) is 5.26 Å². The molecule has 0 atom stereocenters. The van der Waals surface area contributed by atoms with E-state index in [0.29, 0.717) is 17.1 Å². The molecule has 0 bridgehead atoms. The highest BCUT2D eigenvalue weighted by Crippen LogP contribution is 2.25. The molecule has 8 nitrogen and oxygen atoms in total. The summed E-state index contributed by atoms with van der Waals surface area (Å²) in [6.45, 7) is 0. The molecular formula is C11H10N6O2. The lowest BCUT2D eigenvalue weighted by molar-refractivity contribution is -0.115. The molecular weight excluding hydrogens is 248 g/mol. The van der Waals surface area contributed by atoms with Gasteiger partial charge in [0.15, 0.2) is 0 Å². The van der Waals surface area contributed by atoms with Crippen molar-refractivity contribution in [3.05, 3.63) is 24.5 Å². The van der Waals surface area contributed by atoms with Gasteiger partial charge in [0.1, 0.15) is 18.5 Å². The molecule has 0 aliphatic rings. The number of carbonyl (C=O) groups is 1.